The van der Waals surface area contributed by atoms with Crippen LogP contribution in [0.2, 0.25) is 0 Å². The summed E-state index contributed by atoms with van der Waals surface area (Å²) < 4.78 is 11.4. The van der Waals surface area contributed by atoms with Crippen molar-refractivity contribution in [1.29, 1.82) is 0 Å². The summed E-state index contributed by atoms with van der Waals surface area (Å²) in [5.41, 5.74) is 9.13. The minimum Gasteiger partial charge on any atom is -0.496 e. The SMILES string of the molecule is CCC/C=C(\OC)c1c(CN)cccc1NC1CCCCO1. The Kier molecular flexibility index (Phi) is 6.74. The number of nitrogens with one attached hydrogen (secondary N) is 1. The normalized spacial score (nSPS) is 19.0. The Morgan fingerprint density at radius 1 is 1.45 bits per heavy atom. The van der Waals surface area contributed by atoms with Crippen molar-refractivity contribution in [2.45, 2.75) is 51.8 Å². The Balaban J connectivity index is 2.31. The fourth-order valence-electron chi connectivity index (χ4n) is 2.77. The maximum Gasteiger partial charge on any atom is 0.127 e. The molecule has 4 heteroatoms. The van der Waals surface area contributed by atoms with Crippen molar-refractivity contribution in [2.24, 2.45) is 5.73 Å². The monoisotopic (exact) mass is 304 g/mol. The summed E-state index contributed by atoms with van der Waals surface area (Å²) in [6.07, 6.45) is 7.67. The molecule has 0 aromatic heterocycles. The van der Waals surface area contributed by atoms with E-state index >= 15 is 0 Å². The molecule has 1 aliphatic rings. The third kappa shape index (κ3) is 4.24. The van der Waals surface area contributed by atoms with Crippen LogP contribution in [0.4, 0.5) is 5.69 Å². The third-order valence-electron chi connectivity index (χ3n) is 3.95. The second-order valence-electron chi connectivity index (χ2n) is 5.60. The van der Waals surface area contributed by atoms with Crippen molar-refractivity contribution in [3.05, 3.63) is 35.4 Å². The average molecular weight is 304 g/mol. The highest BCUT2D eigenvalue weighted by molar-refractivity contribution is 5.75. The lowest BCUT2D eigenvalue weighted by molar-refractivity contribution is 0.0343. The summed E-state index contributed by atoms with van der Waals surface area (Å²) in [5.74, 6) is 0.890. The van der Waals surface area contributed by atoms with E-state index in [0.29, 0.717) is 6.54 Å². The summed E-state index contributed by atoms with van der Waals surface area (Å²) in [5, 5.41) is 3.52. The molecule has 0 amide bonds. The van der Waals surface area contributed by atoms with Crippen molar-refractivity contribution >= 4 is 11.4 Å². The first-order valence-corrected chi connectivity index (χ1v) is 8.24. The van der Waals surface area contributed by atoms with E-state index in [1.807, 2.05) is 6.07 Å². The molecular weight excluding hydrogens is 276 g/mol. The Morgan fingerprint density at radius 3 is 2.95 bits per heavy atom. The van der Waals surface area contributed by atoms with E-state index in [0.717, 1.165) is 54.9 Å². The average Bonchev–Trinajstić information content (AvgIpc) is 2.57. The Hall–Kier alpha value is -1.52. The van der Waals surface area contributed by atoms with Crippen molar-refractivity contribution in [3.8, 4) is 0 Å². The van der Waals surface area contributed by atoms with Crippen LogP contribution in [0, 0.1) is 0 Å². The molecule has 1 unspecified atom stereocenters. The molecule has 1 aliphatic heterocycles. The number of unbranched alkanes of at least 4 members (excludes halogenated alkanes) is 1. The topological polar surface area (TPSA) is 56.5 Å². The van der Waals surface area contributed by atoms with E-state index in [1.165, 1.54) is 6.42 Å². The first-order valence-electron chi connectivity index (χ1n) is 8.24. The van der Waals surface area contributed by atoms with Gasteiger partial charge in [-0.3, -0.25) is 0 Å². The van der Waals surface area contributed by atoms with Gasteiger partial charge in [-0.15, -0.1) is 0 Å². The third-order valence-corrected chi connectivity index (χ3v) is 3.95. The molecule has 3 N–H and O–H groups in total. The lowest BCUT2D eigenvalue weighted by atomic mass is 10.0. The number of nitrogens with two attached hydrogens (primary N) is 1. The van der Waals surface area contributed by atoms with Crippen LogP contribution in [0.5, 0.6) is 0 Å². The van der Waals surface area contributed by atoms with Gasteiger partial charge < -0.3 is 20.5 Å². The number of hydrogen-bond acceptors (Lipinski definition) is 4. The van der Waals surface area contributed by atoms with Gasteiger partial charge in [0, 0.05) is 24.4 Å². The van der Waals surface area contributed by atoms with Crippen molar-refractivity contribution in [1.82, 2.24) is 0 Å². The number of ether oxygens (including phenoxy) is 2. The van der Waals surface area contributed by atoms with Crippen LogP contribution in [0.1, 0.15) is 50.2 Å². The van der Waals surface area contributed by atoms with Crippen molar-refractivity contribution in [2.75, 3.05) is 19.0 Å². The van der Waals surface area contributed by atoms with Crippen LogP contribution < -0.4 is 11.1 Å². The summed E-state index contributed by atoms with van der Waals surface area (Å²) >= 11 is 0. The fourth-order valence-corrected chi connectivity index (χ4v) is 2.77. The zero-order valence-electron chi connectivity index (χ0n) is 13.7. The summed E-state index contributed by atoms with van der Waals surface area (Å²) in [6.45, 7) is 3.48. The van der Waals surface area contributed by atoms with E-state index in [2.05, 4.69) is 30.4 Å². The molecule has 122 valence electrons. The van der Waals surface area contributed by atoms with Gasteiger partial charge in [-0.2, -0.15) is 0 Å². The number of benzene rings is 1. The molecule has 0 radical (unpaired) electrons. The predicted molar refractivity (Wildman–Crippen MR) is 91.4 cm³/mol. The maximum atomic E-state index is 5.93. The van der Waals surface area contributed by atoms with Gasteiger partial charge in [-0.1, -0.05) is 25.5 Å². The molecule has 2 rings (SSSR count). The van der Waals surface area contributed by atoms with Gasteiger partial charge in [0.1, 0.15) is 12.0 Å². The van der Waals surface area contributed by atoms with E-state index in [1.54, 1.807) is 7.11 Å². The lowest BCUT2D eigenvalue weighted by Gasteiger charge is -2.26. The Bertz CT molecular complexity index is 494. The molecule has 22 heavy (non-hydrogen) atoms. The molecule has 1 aromatic rings. The first-order chi connectivity index (χ1) is 10.8. The highest BCUT2D eigenvalue weighted by Crippen LogP contribution is 2.30. The van der Waals surface area contributed by atoms with Crippen LogP contribution in [0.3, 0.4) is 0 Å². The highest BCUT2D eigenvalue weighted by atomic mass is 16.5. The number of anilines is 1. The van der Waals surface area contributed by atoms with Crippen LogP contribution in [0.25, 0.3) is 5.76 Å². The van der Waals surface area contributed by atoms with Gasteiger partial charge in [0.15, 0.2) is 0 Å². The van der Waals surface area contributed by atoms with E-state index in [-0.39, 0.29) is 6.23 Å². The molecule has 1 aromatic carbocycles. The zero-order valence-corrected chi connectivity index (χ0v) is 13.7. The number of hydrogen-bond donors (Lipinski definition) is 2. The minimum absolute atomic E-state index is 0.0739. The zero-order chi connectivity index (χ0) is 15.8. The fraction of sp³-hybridized carbons (Fsp3) is 0.556. The Morgan fingerprint density at radius 2 is 2.32 bits per heavy atom. The molecule has 0 spiro atoms. The highest BCUT2D eigenvalue weighted by Gasteiger charge is 2.18. The number of methoxy groups -OCH3 is 1. The van der Waals surface area contributed by atoms with Gasteiger partial charge in [0.25, 0.3) is 0 Å². The van der Waals surface area contributed by atoms with Gasteiger partial charge in [0.05, 0.1) is 7.11 Å². The van der Waals surface area contributed by atoms with Gasteiger partial charge >= 0.3 is 0 Å². The van der Waals surface area contributed by atoms with Crippen LogP contribution >= 0.6 is 0 Å². The van der Waals surface area contributed by atoms with Crippen LogP contribution in [-0.4, -0.2) is 19.9 Å². The number of rotatable bonds is 7. The summed E-state index contributed by atoms with van der Waals surface area (Å²) in [4.78, 5) is 0. The molecule has 0 aliphatic carbocycles. The van der Waals surface area contributed by atoms with E-state index in [9.17, 15) is 0 Å². The van der Waals surface area contributed by atoms with Gasteiger partial charge in [0.2, 0.25) is 0 Å². The first kappa shape index (κ1) is 16.8. The smallest absolute Gasteiger partial charge is 0.127 e. The molecule has 1 heterocycles. The van der Waals surface area contributed by atoms with Gasteiger partial charge in [-0.25, -0.2) is 0 Å². The molecule has 1 fully saturated rings. The minimum atomic E-state index is 0.0739. The Labute approximate surface area is 133 Å². The quantitative estimate of drug-likeness (QED) is 0.751. The van der Waals surface area contributed by atoms with Crippen molar-refractivity contribution in [3.63, 3.8) is 0 Å². The molecule has 0 saturated carbocycles. The molecule has 0 bridgehead atoms. The lowest BCUT2D eigenvalue weighted by Crippen LogP contribution is -2.27. The summed E-state index contributed by atoms with van der Waals surface area (Å²) in [7, 11) is 1.72. The van der Waals surface area contributed by atoms with Crippen LogP contribution in [0.15, 0.2) is 24.3 Å². The van der Waals surface area contributed by atoms with Crippen molar-refractivity contribution < 1.29 is 9.47 Å². The van der Waals surface area contributed by atoms with E-state index < -0.39 is 0 Å². The number of allylic oxidation sites excluding steroid dienone is 1. The van der Waals surface area contributed by atoms with Gasteiger partial charge in [-0.05, 0) is 43.4 Å². The standard InChI is InChI=1S/C18H28N2O2/c1-3-4-10-16(21-2)18-14(13-19)8-7-9-15(18)20-17-11-5-6-12-22-17/h7-10,17,20H,3-6,11-13,19H2,1-2H3/b16-10-. The molecule has 1 saturated heterocycles. The predicted octanol–water partition coefficient (Wildman–Crippen LogP) is 3.87. The second kappa shape index (κ2) is 8.81. The molecular formula is C18H28N2O2. The maximum absolute atomic E-state index is 5.93. The molecule has 4 nitrogen and oxygen atoms in total. The summed E-state index contributed by atoms with van der Waals surface area (Å²) in [6, 6.07) is 6.16. The second-order valence-corrected chi connectivity index (χ2v) is 5.60. The van der Waals surface area contributed by atoms with E-state index in [4.69, 9.17) is 15.2 Å². The largest absolute Gasteiger partial charge is 0.496 e. The molecule has 1 atom stereocenters. The van der Waals surface area contributed by atoms with Crippen LogP contribution in [-0.2, 0) is 16.0 Å².